The maximum absolute atomic E-state index is 12.7. The van der Waals surface area contributed by atoms with Gasteiger partial charge in [0, 0.05) is 23.3 Å². The molecule has 2 fully saturated rings. The minimum atomic E-state index is -0.276. The first-order valence-electron chi connectivity index (χ1n) is 11.8. The Morgan fingerprint density at radius 3 is 2.42 bits per heavy atom. The first-order valence-corrected chi connectivity index (χ1v) is 11.8. The lowest BCUT2D eigenvalue weighted by Gasteiger charge is -2.61. The van der Waals surface area contributed by atoms with Crippen LogP contribution in [-0.2, 0) is 9.59 Å². The Bertz CT molecular complexity index is 1090. The fourth-order valence-corrected chi connectivity index (χ4v) is 7.97. The molecule has 0 spiro atoms. The molecule has 164 valence electrons. The molecule has 5 unspecified atom stereocenters. The summed E-state index contributed by atoms with van der Waals surface area (Å²) in [6, 6.07) is 0. The molecule has 0 aromatic rings. The summed E-state index contributed by atoms with van der Waals surface area (Å²) in [7, 11) is 0. The fourth-order valence-electron chi connectivity index (χ4n) is 7.97. The van der Waals surface area contributed by atoms with Crippen LogP contribution < -0.4 is 0 Å². The van der Waals surface area contributed by atoms with Crippen LogP contribution in [0.25, 0.3) is 0 Å². The van der Waals surface area contributed by atoms with E-state index in [-0.39, 0.29) is 33.7 Å². The highest BCUT2D eigenvalue weighted by Crippen LogP contribution is 2.69. The number of Topliss-reactive ketones (excluding diaryl/α,β-unsaturated/α-hetero) is 1. The van der Waals surface area contributed by atoms with E-state index < -0.39 is 0 Å². The van der Waals surface area contributed by atoms with Gasteiger partial charge in [-0.1, -0.05) is 45.4 Å². The largest absolute Gasteiger partial charge is 0.504 e. The van der Waals surface area contributed by atoms with Crippen LogP contribution in [0.3, 0.4) is 0 Å². The van der Waals surface area contributed by atoms with Crippen LogP contribution in [0, 0.1) is 28.1 Å². The molecule has 3 heteroatoms. The number of rotatable bonds is 0. The molecule has 0 saturated heterocycles. The standard InChI is InChI=1S/C28H34O3/c1-15-11-23-26(4,14-22(15)30)13-16(2)24-19-8-7-18-17(3)25(31)21(29)12-20(18)27(19,5)9-10-28(23,24)6/h7-8,12,15,23,31H,9-11,13-14H2,1-6H3. The zero-order valence-corrected chi connectivity index (χ0v) is 19.7. The van der Waals surface area contributed by atoms with Crippen molar-refractivity contribution in [2.24, 2.45) is 28.1 Å². The molecular formula is C28H34O3. The summed E-state index contributed by atoms with van der Waals surface area (Å²) in [6.45, 7) is 13.3. The van der Waals surface area contributed by atoms with E-state index in [4.69, 9.17) is 0 Å². The van der Waals surface area contributed by atoms with Crippen molar-refractivity contribution in [2.45, 2.75) is 73.6 Å². The van der Waals surface area contributed by atoms with Gasteiger partial charge in [0.15, 0.2) is 5.76 Å². The molecule has 3 nitrogen and oxygen atoms in total. The van der Waals surface area contributed by atoms with Gasteiger partial charge in [-0.05, 0) is 84.6 Å². The van der Waals surface area contributed by atoms with E-state index in [1.165, 1.54) is 16.7 Å². The van der Waals surface area contributed by atoms with E-state index >= 15 is 0 Å². The van der Waals surface area contributed by atoms with E-state index in [0.717, 1.165) is 36.8 Å². The Hall–Kier alpha value is -2.16. The summed E-state index contributed by atoms with van der Waals surface area (Å²) < 4.78 is 0. The molecule has 0 bridgehead atoms. The summed E-state index contributed by atoms with van der Waals surface area (Å²) in [5.41, 5.74) is 6.87. The first kappa shape index (κ1) is 20.7. The highest BCUT2D eigenvalue weighted by Gasteiger charge is 2.60. The molecule has 5 aliphatic carbocycles. The molecule has 5 atom stereocenters. The van der Waals surface area contributed by atoms with Crippen LogP contribution in [0.15, 0.2) is 57.4 Å². The Kier molecular flexibility index (Phi) is 4.15. The summed E-state index contributed by atoms with van der Waals surface area (Å²) in [4.78, 5) is 25.2. The van der Waals surface area contributed by atoms with Crippen molar-refractivity contribution in [2.75, 3.05) is 0 Å². The Labute approximate surface area is 185 Å². The third-order valence-corrected chi connectivity index (χ3v) is 9.57. The highest BCUT2D eigenvalue weighted by atomic mass is 16.3. The molecule has 0 radical (unpaired) electrons. The van der Waals surface area contributed by atoms with Gasteiger partial charge >= 0.3 is 0 Å². The maximum atomic E-state index is 12.7. The number of fused-ring (bicyclic) bond motifs is 7. The van der Waals surface area contributed by atoms with E-state index in [1.54, 1.807) is 6.08 Å². The number of aliphatic hydroxyl groups excluding tert-OH is 1. The molecule has 0 amide bonds. The SMILES string of the molecule is CC1=C2C3=CC=C4C(=CC(=O)C(O)=C4C)C3(C)CCC2(C)C2CC(C)C(=O)CC2(C)C1. The van der Waals surface area contributed by atoms with Crippen molar-refractivity contribution in [3.8, 4) is 0 Å². The average molecular weight is 419 g/mol. The minimum absolute atomic E-state index is 0.0427. The lowest BCUT2D eigenvalue weighted by atomic mass is 9.42. The summed E-state index contributed by atoms with van der Waals surface area (Å²) in [5.74, 6) is 0.665. The van der Waals surface area contributed by atoms with Crippen molar-refractivity contribution >= 4 is 11.6 Å². The van der Waals surface area contributed by atoms with Crippen LogP contribution in [0.5, 0.6) is 0 Å². The van der Waals surface area contributed by atoms with Crippen LogP contribution in [0.1, 0.15) is 73.6 Å². The third-order valence-electron chi connectivity index (χ3n) is 9.57. The van der Waals surface area contributed by atoms with Gasteiger partial charge in [-0.25, -0.2) is 0 Å². The van der Waals surface area contributed by atoms with Crippen molar-refractivity contribution in [1.82, 2.24) is 0 Å². The molecule has 0 aliphatic heterocycles. The monoisotopic (exact) mass is 418 g/mol. The summed E-state index contributed by atoms with van der Waals surface area (Å²) in [5, 5.41) is 10.2. The van der Waals surface area contributed by atoms with Crippen LogP contribution in [-0.4, -0.2) is 16.7 Å². The van der Waals surface area contributed by atoms with Crippen LogP contribution in [0.2, 0.25) is 0 Å². The Morgan fingerprint density at radius 2 is 1.71 bits per heavy atom. The second-order valence-electron chi connectivity index (χ2n) is 11.6. The average Bonchev–Trinajstić information content (AvgIpc) is 2.69. The number of carbonyl (C=O) groups excluding carboxylic acids is 2. The van der Waals surface area contributed by atoms with Gasteiger partial charge in [-0.3, -0.25) is 9.59 Å². The van der Waals surface area contributed by atoms with E-state index in [9.17, 15) is 14.7 Å². The Balaban J connectivity index is 1.70. The van der Waals surface area contributed by atoms with Crippen molar-refractivity contribution in [1.29, 1.82) is 0 Å². The normalized spacial score (nSPS) is 42.2. The lowest BCUT2D eigenvalue weighted by Crippen LogP contribution is -2.53. The van der Waals surface area contributed by atoms with Crippen LogP contribution >= 0.6 is 0 Å². The number of hydrogen-bond donors (Lipinski definition) is 1. The molecule has 5 rings (SSSR count). The number of allylic oxidation sites excluding steroid dienone is 9. The van der Waals surface area contributed by atoms with Crippen molar-refractivity contribution in [3.63, 3.8) is 0 Å². The van der Waals surface area contributed by atoms with Gasteiger partial charge in [0.05, 0.1) is 0 Å². The van der Waals surface area contributed by atoms with Gasteiger partial charge in [0.1, 0.15) is 5.78 Å². The Morgan fingerprint density at radius 1 is 1.00 bits per heavy atom. The minimum Gasteiger partial charge on any atom is -0.504 e. The number of aliphatic hydroxyl groups is 1. The molecular weight excluding hydrogens is 384 g/mol. The number of hydrogen-bond acceptors (Lipinski definition) is 3. The molecule has 0 aromatic carbocycles. The number of ketones is 2. The molecule has 5 aliphatic rings. The van der Waals surface area contributed by atoms with E-state index in [2.05, 4.69) is 46.8 Å². The van der Waals surface area contributed by atoms with Gasteiger partial charge in [-0.2, -0.15) is 0 Å². The molecule has 0 aromatic heterocycles. The molecule has 1 N–H and O–H groups in total. The molecule has 0 heterocycles. The second kappa shape index (κ2) is 6.21. The van der Waals surface area contributed by atoms with Crippen molar-refractivity contribution < 1.29 is 14.7 Å². The predicted molar refractivity (Wildman–Crippen MR) is 122 cm³/mol. The maximum Gasteiger partial charge on any atom is 0.220 e. The van der Waals surface area contributed by atoms with E-state index in [0.29, 0.717) is 23.7 Å². The zero-order valence-electron chi connectivity index (χ0n) is 19.7. The van der Waals surface area contributed by atoms with E-state index in [1.807, 2.05) is 6.92 Å². The van der Waals surface area contributed by atoms with Gasteiger partial charge in [-0.15, -0.1) is 0 Å². The smallest absolute Gasteiger partial charge is 0.220 e. The van der Waals surface area contributed by atoms with Crippen LogP contribution in [0.4, 0.5) is 0 Å². The van der Waals surface area contributed by atoms with Gasteiger partial charge in [0.2, 0.25) is 5.78 Å². The quantitative estimate of drug-likeness (QED) is 0.499. The van der Waals surface area contributed by atoms with Gasteiger partial charge < -0.3 is 5.11 Å². The van der Waals surface area contributed by atoms with Crippen molar-refractivity contribution in [3.05, 3.63) is 57.4 Å². The van der Waals surface area contributed by atoms with Gasteiger partial charge in [0.25, 0.3) is 0 Å². The molecule has 31 heavy (non-hydrogen) atoms. The predicted octanol–water partition coefficient (Wildman–Crippen LogP) is 6.34. The highest BCUT2D eigenvalue weighted by molar-refractivity contribution is 6.06. The number of carbonyl (C=O) groups is 2. The summed E-state index contributed by atoms with van der Waals surface area (Å²) >= 11 is 0. The zero-order chi connectivity index (χ0) is 22.5. The second-order valence-corrected chi connectivity index (χ2v) is 11.6. The third kappa shape index (κ3) is 2.52. The first-order chi connectivity index (χ1) is 14.4. The summed E-state index contributed by atoms with van der Waals surface area (Å²) in [6.07, 6.45) is 10.7. The topological polar surface area (TPSA) is 54.4 Å². The molecule has 2 saturated carbocycles. The fraction of sp³-hybridized carbons (Fsp3) is 0.571. The lowest BCUT2D eigenvalue weighted by molar-refractivity contribution is -0.134.